The van der Waals surface area contributed by atoms with E-state index in [4.69, 9.17) is 18.9 Å². The molecule has 0 aliphatic heterocycles. The van der Waals surface area contributed by atoms with Crippen molar-refractivity contribution >= 4 is 0 Å². The van der Waals surface area contributed by atoms with Crippen LogP contribution in [-0.2, 0) is 0 Å². The lowest BCUT2D eigenvalue weighted by molar-refractivity contribution is 0.160. The van der Waals surface area contributed by atoms with Crippen LogP contribution in [0.2, 0.25) is 0 Å². The van der Waals surface area contributed by atoms with Gasteiger partial charge in [-0.25, -0.2) is 0 Å². The number of ether oxygens (including phenoxy) is 4. The molecule has 0 aromatic heterocycles. The molecule has 0 aliphatic rings. The summed E-state index contributed by atoms with van der Waals surface area (Å²) in [6.07, 6.45) is -0.913. The van der Waals surface area contributed by atoms with Crippen molar-refractivity contribution in [1.29, 1.82) is 0 Å². The van der Waals surface area contributed by atoms with E-state index < -0.39 is 0 Å². The fraction of sp³-hybridized carbons (Fsp3) is 0.667. The highest BCUT2D eigenvalue weighted by Crippen LogP contribution is 2.57. The maximum Gasteiger partial charge on any atom is 0.211 e. The zero-order valence-electron chi connectivity index (χ0n) is 15.8. The molecule has 0 aliphatic carbocycles. The summed E-state index contributed by atoms with van der Waals surface area (Å²) in [7, 11) is 0. The fourth-order valence-corrected chi connectivity index (χ4v) is 2.02. The molecule has 6 heteroatoms. The molecule has 0 saturated carbocycles. The van der Waals surface area contributed by atoms with Crippen LogP contribution in [0.25, 0.3) is 0 Å². The molecule has 0 radical (unpaired) electrons. The Labute approximate surface area is 144 Å². The van der Waals surface area contributed by atoms with Gasteiger partial charge in [0.15, 0.2) is 0 Å². The van der Waals surface area contributed by atoms with Crippen molar-refractivity contribution in [1.82, 2.24) is 0 Å². The van der Waals surface area contributed by atoms with Crippen molar-refractivity contribution in [2.45, 2.75) is 79.8 Å². The summed E-state index contributed by atoms with van der Waals surface area (Å²) in [5.41, 5.74) is 0. The monoisotopic (exact) mass is 342 g/mol. The van der Waals surface area contributed by atoms with Crippen molar-refractivity contribution < 1.29 is 29.2 Å². The molecular weight excluding hydrogens is 312 g/mol. The molecule has 0 amide bonds. The summed E-state index contributed by atoms with van der Waals surface area (Å²) in [6.45, 7) is 14.5. The van der Waals surface area contributed by atoms with Gasteiger partial charge in [-0.3, -0.25) is 0 Å². The first kappa shape index (κ1) is 20.1. The van der Waals surface area contributed by atoms with E-state index in [0.717, 1.165) is 0 Å². The average Bonchev–Trinajstić information content (AvgIpc) is 2.42. The van der Waals surface area contributed by atoms with Crippen LogP contribution >= 0.6 is 0 Å². The van der Waals surface area contributed by atoms with Crippen molar-refractivity contribution in [3.05, 3.63) is 0 Å². The van der Waals surface area contributed by atoms with E-state index in [1.54, 1.807) is 0 Å². The highest BCUT2D eigenvalue weighted by molar-refractivity contribution is 5.72. The third-order valence-electron chi connectivity index (χ3n) is 2.69. The van der Waals surface area contributed by atoms with Crippen molar-refractivity contribution in [2.24, 2.45) is 0 Å². The lowest BCUT2D eigenvalue weighted by atomic mass is 10.2. The van der Waals surface area contributed by atoms with E-state index in [9.17, 15) is 10.2 Å². The second-order valence-electron chi connectivity index (χ2n) is 6.68. The number of phenols is 2. The highest BCUT2D eigenvalue weighted by atomic mass is 16.6. The van der Waals surface area contributed by atoms with Crippen LogP contribution in [-0.4, -0.2) is 34.6 Å². The molecule has 6 nitrogen and oxygen atoms in total. The lowest BCUT2D eigenvalue weighted by Crippen LogP contribution is -2.15. The lowest BCUT2D eigenvalue weighted by Gasteiger charge is -2.25. The molecule has 24 heavy (non-hydrogen) atoms. The molecule has 1 rings (SSSR count). The largest absolute Gasteiger partial charge is 0.501 e. The first-order valence-corrected chi connectivity index (χ1v) is 8.33. The van der Waals surface area contributed by atoms with Gasteiger partial charge in [-0.05, 0) is 55.4 Å². The summed E-state index contributed by atoms with van der Waals surface area (Å²) in [4.78, 5) is 0. The van der Waals surface area contributed by atoms with E-state index in [2.05, 4.69) is 0 Å². The van der Waals surface area contributed by atoms with Gasteiger partial charge in [0.25, 0.3) is 0 Å². The van der Waals surface area contributed by atoms with Gasteiger partial charge in [0.05, 0.1) is 24.4 Å². The first-order chi connectivity index (χ1) is 11.0. The van der Waals surface area contributed by atoms with Crippen LogP contribution in [0.4, 0.5) is 0 Å². The third-order valence-corrected chi connectivity index (χ3v) is 2.69. The molecule has 0 heterocycles. The molecule has 138 valence electrons. The van der Waals surface area contributed by atoms with Gasteiger partial charge in [-0.15, -0.1) is 0 Å². The van der Waals surface area contributed by atoms with Crippen LogP contribution in [0.15, 0.2) is 0 Å². The normalized spacial score (nSPS) is 11.5. The van der Waals surface area contributed by atoms with Gasteiger partial charge in [-0.2, -0.15) is 0 Å². The molecule has 0 fully saturated rings. The van der Waals surface area contributed by atoms with Gasteiger partial charge < -0.3 is 29.2 Å². The van der Waals surface area contributed by atoms with Crippen LogP contribution in [0.1, 0.15) is 55.4 Å². The van der Waals surface area contributed by atoms with Crippen molar-refractivity contribution in [3.8, 4) is 34.5 Å². The smallest absolute Gasteiger partial charge is 0.211 e. The van der Waals surface area contributed by atoms with Crippen molar-refractivity contribution in [3.63, 3.8) is 0 Å². The van der Waals surface area contributed by atoms with Gasteiger partial charge in [0, 0.05) is 0 Å². The second kappa shape index (κ2) is 8.22. The molecular formula is C18H30O6. The van der Waals surface area contributed by atoms with Crippen LogP contribution in [0.5, 0.6) is 34.5 Å². The third kappa shape index (κ3) is 5.01. The summed E-state index contributed by atoms with van der Waals surface area (Å²) in [5.74, 6) is -0.320. The Bertz CT molecular complexity index is 455. The Hall–Kier alpha value is -1.98. The minimum absolute atomic E-state index is 0.0444. The number of phenolic OH excluding ortho intramolecular Hbond substituents is 2. The standard InChI is InChI=1S/C18H30O6/c1-9(2)21-15-13(19)17(23-11(5)6)18(24-12(7)8)14(20)16(15)22-10(3)4/h9-12,19-20H,1-8H3. The summed E-state index contributed by atoms with van der Waals surface area (Å²) >= 11 is 0. The minimum Gasteiger partial charge on any atom is -0.501 e. The number of hydrogen-bond donors (Lipinski definition) is 2. The number of benzene rings is 1. The van der Waals surface area contributed by atoms with Gasteiger partial charge in [-0.1, -0.05) is 0 Å². The Morgan fingerprint density at radius 3 is 0.750 bits per heavy atom. The van der Waals surface area contributed by atoms with Gasteiger partial charge in [0.1, 0.15) is 0 Å². The van der Waals surface area contributed by atoms with Crippen LogP contribution in [0.3, 0.4) is 0 Å². The van der Waals surface area contributed by atoms with Crippen LogP contribution in [0, 0.1) is 0 Å². The Morgan fingerprint density at radius 1 is 0.458 bits per heavy atom. The molecule has 2 N–H and O–H groups in total. The quantitative estimate of drug-likeness (QED) is 0.688. The molecule has 1 aromatic rings. The summed E-state index contributed by atoms with van der Waals surface area (Å²) < 4.78 is 22.7. The Balaban J connectivity index is 3.64. The molecule has 0 spiro atoms. The van der Waals surface area contributed by atoms with Gasteiger partial charge in [0.2, 0.25) is 34.5 Å². The Kier molecular flexibility index (Phi) is 6.87. The first-order valence-electron chi connectivity index (χ1n) is 8.33. The zero-order valence-corrected chi connectivity index (χ0v) is 15.8. The topological polar surface area (TPSA) is 77.4 Å². The minimum atomic E-state index is -0.249. The predicted octanol–water partition coefficient (Wildman–Crippen LogP) is 4.25. The SMILES string of the molecule is CC(C)Oc1c(O)c(OC(C)C)c(OC(C)C)c(O)c1OC(C)C. The highest BCUT2D eigenvalue weighted by Gasteiger charge is 2.31. The Morgan fingerprint density at radius 2 is 0.625 bits per heavy atom. The molecule has 1 aromatic carbocycles. The van der Waals surface area contributed by atoms with E-state index in [-0.39, 0.29) is 58.9 Å². The van der Waals surface area contributed by atoms with E-state index in [1.165, 1.54) is 0 Å². The summed E-state index contributed by atoms with van der Waals surface area (Å²) in [6, 6.07) is 0. The number of hydrogen-bond acceptors (Lipinski definition) is 6. The van der Waals surface area contributed by atoms with Crippen LogP contribution < -0.4 is 18.9 Å². The summed E-state index contributed by atoms with van der Waals surface area (Å²) in [5, 5.41) is 21.4. The number of rotatable bonds is 8. The maximum absolute atomic E-state index is 10.7. The molecule has 0 saturated heterocycles. The van der Waals surface area contributed by atoms with E-state index >= 15 is 0 Å². The zero-order chi connectivity index (χ0) is 18.6. The molecule has 0 bridgehead atoms. The number of aromatic hydroxyl groups is 2. The van der Waals surface area contributed by atoms with E-state index in [1.807, 2.05) is 55.4 Å². The van der Waals surface area contributed by atoms with Crippen molar-refractivity contribution in [2.75, 3.05) is 0 Å². The fourth-order valence-electron chi connectivity index (χ4n) is 2.02. The van der Waals surface area contributed by atoms with E-state index in [0.29, 0.717) is 0 Å². The average molecular weight is 342 g/mol. The predicted molar refractivity (Wildman–Crippen MR) is 92.8 cm³/mol. The second-order valence-corrected chi connectivity index (χ2v) is 6.68. The molecule has 0 atom stereocenters. The van der Waals surface area contributed by atoms with Gasteiger partial charge >= 0.3 is 0 Å². The maximum atomic E-state index is 10.7. The molecule has 0 unspecified atom stereocenters.